The second kappa shape index (κ2) is 5.48. The van der Waals surface area contributed by atoms with Gasteiger partial charge in [-0.2, -0.15) is 0 Å². The summed E-state index contributed by atoms with van der Waals surface area (Å²) in [6.45, 7) is 2.60. The van der Waals surface area contributed by atoms with Crippen LogP contribution >= 0.6 is 0 Å². The zero-order valence-corrected chi connectivity index (χ0v) is 9.23. The van der Waals surface area contributed by atoms with Crippen LogP contribution in [-0.4, -0.2) is 46.9 Å². The minimum atomic E-state index is -1.18. The number of carbonyl (C=O) groups is 3. The lowest BCUT2D eigenvalue weighted by Gasteiger charge is -2.18. The standard InChI is InChI=1S/C10H16N2O4/c1-7(13)11-8(10(15)16)6-9(14)12-4-2-3-5-12/h8H,2-6H2,1H3,(H,11,13)(H,15,16)/t8-/m0/s1. The fourth-order valence-electron chi connectivity index (χ4n) is 1.72. The van der Waals surface area contributed by atoms with E-state index in [-0.39, 0.29) is 12.3 Å². The van der Waals surface area contributed by atoms with Gasteiger partial charge in [-0.3, -0.25) is 9.59 Å². The van der Waals surface area contributed by atoms with Gasteiger partial charge < -0.3 is 15.3 Å². The lowest BCUT2D eigenvalue weighted by atomic mass is 10.2. The second-order valence-corrected chi connectivity index (χ2v) is 3.88. The molecule has 16 heavy (non-hydrogen) atoms. The fourth-order valence-corrected chi connectivity index (χ4v) is 1.72. The molecule has 6 heteroatoms. The SMILES string of the molecule is CC(=O)N[C@@H](CC(=O)N1CCCC1)C(=O)O. The Bertz CT molecular complexity index is 297. The van der Waals surface area contributed by atoms with Gasteiger partial charge in [0.05, 0.1) is 6.42 Å². The molecular weight excluding hydrogens is 212 g/mol. The fraction of sp³-hybridized carbons (Fsp3) is 0.700. The summed E-state index contributed by atoms with van der Waals surface area (Å²) in [6.07, 6.45) is 1.75. The lowest BCUT2D eigenvalue weighted by Crippen LogP contribution is -2.43. The van der Waals surface area contributed by atoms with Crippen LogP contribution in [0.3, 0.4) is 0 Å². The monoisotopic (exact) mass is 228 g/mol. The Hall–Kier alpha value is -1.59. The van der Waals surface area contributed by atoms with Crippen LogP contribution in [0.1, 0.15) is 26.2 Å². The molecule has 1 rings (SSSR count). The molecule has 1 atom stereocenters. The molecule has 0 spiro atoms. The van der Waals surface area contributed by atoms with Gasteiger partial charge in [-0.15, -0.1) is 0 Å². The van der Waals surface area contributed by atoms with Crippen LogP contribution in [0.25, 0.3) is 0 Å². The normalized spacial score (nSPS) is 16.9. The van der Waals surface area contributed by atoms with Crippen molar-refractivity contribution < 1.29 is 19.5 Å². The molecule has 0 unspecified atom stereocenters. The van der Waals surface area contributed by atoms with Crippen molar-refractivity contribution in [3.05, 3.63) is 0 Å². The summed E-state index contributed by atoms with van der Waals surface area (Å²) < 4.78 is 0. The average Bonchev–Trinajstić information content (AvgIpc) is 2.68. The first-order valence-electron chi connectivity index (χ1n) is 5.28. The average molecular weight is 228 g/mol. The van der Waals surface area contributed by atoms with Crippen molar-refractivity contribution in [1.29, 1.82) is 0 Å². The van der Waals surface area contributed by atoms with Gasteiger partial charge in [0, 0.05) is 20.0 Å². The minimum absolute atomic E-state index is 0.172. The Labute approximate surface area is 93.6 Å². The molecule has 1 saturated heterocycles. The molecule has 0 radical (unpaired) electrons. The molecule has 1 aliphatic heterocycles. The van der Waals surface area contributed by atoms with Crippen molar-refractivity contribution in [2.24, 2.45) is 0 Å². The number of rotatable bonds is 4. The maximum Gasteiger partial charge on any atom is 0.326 e. The van der Waals surface area contributed by atoms with Crippen molar-refractivity contribution in [3.63, 3.8) is 0 Å². The second-order valence-electron chi connectivity index (χ2n) is 3.88. The van der Waals surface area contributed by atoms with Gasteiger partial charge in [-0.25, -0.2) is 4.79 Å². The molecule has 0 saturated carbocycles. The van der Waals surface area contributed by atoms with Crippen LogP contribution in [0.2, 0.25) is 0 Å². The van der Waals surface area contributed by atoms with E-state index in [1.54, 1.807) is 4.90 Å². The number of carbonyl (C=O) groups excluding carboxylic acids is 2. The van der Waals surface area contributed by atoms with Crippen molar-refractivity contribution in [3.8, 4) is 0 Å². The van der Waals surface area contributed by atoms with Gasteiger partial charge in [-0.1, -0.05) is 0 Å². The molecule has 1 heterocycles. The van der Waals surface area contributed by atoms with Gasteiger partial charge in [-0.05, 0) is 12.8 Å². The van der Waals surface area contributed by atoms with Gasteiger partial charge >= 0.3 is 5.97 Å². The number of carboxylic acid groups (broad SMARTS) is 1. The summed E-state index contributed by atoms with van der Waals surface area (Å²) in [4.78, 5) is 34.9. The van der Waals surface area contributed by atoms with Gasteiger partial charge in [0.15, 0.2) is 0 Å². The Morgan fingerprint density at radius 1 is 1.31 bits per heavy atom. The largest absolute Gasteiger partial charge is 0.480 e. The molecule has 1 fully saturated rings. The first-order chi connectivity index (χ1) is 7.50. The molecule has 2 amide bonds. The summed E-state index contributed by atoms with van der Waals surface area (Å²) in [5, 5.41) is 11.1. The maximum absolute atomic E-state index is 11.7. The lowest BCUT2D eigenvalue weighted by molar-refractivity contribution is -0.144. The third kappa shape index (κ3) is 3.52. The first kappa shape index (κ1) is 12.5. The van der Waals surface area contributed by atoms with E-state index in [0.717, 1.165) is 12.8 Å². The van der Waals surface area contributed by atoms with E-state index in [0.29, 0.717) is 13.1 Å². The number of carboxylic acids is 1. The number of hydrogen-bond donors (Lipinski definition) is 2. The third-order valence-corrected chi connectivity index (χ3v) is 2.51. The number of nitrogens with zero attached hydrogens (tertiary/aromatic N) is 1. The van der Waals surface area contributed by atoms with E-state index >= 15 is 0 Å². The molecule has 0 aromatic carbocycles. The third-order valence-electron chi connectivity index (χ3n) is 2.51. The van der Waals surface area contributed by atoms with Gasteiger partial charge in [0.2, 0.25) is 11.8 Å². The van der Waals surface area contributed by atoms with Crippen molar-refractivity contribution in [1.82, 2.24) is 10.2 Å². The Morgan fingerprint density at radius 2 is 1.88 bits per heavy atom. The molecule has 0 aliphatic carbocycles. The highest BCUT2D eigenvalue weighted by Gasteiger charge is 2.26. The van der Waals surface area contributed by atoms with Crippen LogP contribution in [0, 0.1) is 0 Å². The minimum Gasteiger partial charge on any atom is -0.480 e. The van der Waals surface area contributed by atoms with Crippen molar-refractivity contribution >= 4 is 17.8 Å². The van der Waals surface area contributed by atoms with Crippen LogP contribution < -0.4 is 5.32 Å². The predicted molar refractivity (Wildman–Crippen MR) is 55.7 cm³/mol. The van der Waals surface area contributed by atoms with E-state index in [9.17, 15) is 14.4 Å². The topological polar surface area (TPSA) is 86.7 Å². The van der Waals surface area contributed by atoms with E-state index in [1.807, 2.05) is 0 Å². The van der Waals surface area contributed by atoms with E-state index in [2.05, 4.69) is 5.32 Å². The predicted octanol–water partition coefficient (Wildman–Crippen LogP) is -0.412. The number of amides is 2. The zero-order valence-electron chi connectivity index (χ0n) is 9.23. The molecule has 2 N–H and O–H groups in total. The molecular formula is C10H16N2O4. The molecule has 6 nitrogen and oxygen atoms in total. The highest BCUT2D eigenvalue weighted by atomic mass is 16.4. The first-order valence-corrected chi connectivity index (χ1v) is 5.28. The van der Waals surface area contributed by atoms with Gasteiger partial charge in [0.25, 0.3) is 0 Å². The quantitative estimate of drug-likeness (QED) is 0.684. The Morgan fingerprint density at radius 3 is 2.31 bits per heavy atom. The van der Waals surface area contributed by atoms with Gasteiger partial charge in [0.1, 0.15) is 6.04 Å². The van der Waals surface area contributed by atoms with E-state index < -0.39 is 17.9 Å². The Balaban J connectivity index is 2.50. The van der Waals surface area contributed by atoms with Crippen molar-refractivity contribution in [2.75, 3.05) is 13.1 Å². The molecule has 0 aromatic rings. The number of likely N-dealkylation sites (tertiary alicyclic amines) is 1. The molecule has 0 aromatic heterocycles. The molecule has 1 aliphatic rings. The number of hydrogen-bond acceptors (Lipinski definition) is 3. The highest BCUT2D eigenvalue weighted by molar-refractivity contribution is 5.88. The highest BCUT2D eigenvalue weighted by Crippen LogP contribution is 2.10. The summed E-state index contributed by atoms with van der Waals surface area (Å²) in [6, 6.07) is -1.12. The Kier molecular flexibility index (Phi) is 4.28. The number of aliphatic carboxylic acids is 1. The molecule has 0 bridgehead atoms. The summed E-state index contributed by atoms with van der Waals surface area (Å²) in [7, 11) is 0. The zero-order chi connectivity index (χ0) is 12.1. The maximum atomic E-state index is 11.7. The number of nitrogens with one attached hydrogen (secondary N) is 1. The smallest absolute Gasteiger partial charge is 0.326 e. The van der Waals surface area contributed by atoms with Crippen LogP contribution in [0.4, 0.5) is 0 Å². The van der Waals surface area contributed by atoms with E-state index in [1.165, 1.54) is 6.92 Å². The van der Waals surface area contributed by atoms with Crippen LogP contribution in [0.5, 0.6) is 0 Å². The van der Waals surface area contributed by atoms with Crippen molar-refractivity contribution in [2.45, 2.75) is 32.2 Å². The van der Waals surface area contributed by atoms with Crippen LogP contribution in [-0.2, 0) is 14.4 Å². The summed E-state index contributed by atoms with van der Waals surface area (Å²) in [5.41, 5.74) is 0. The van der Waals surface area contributed by atoms with E-state index in [4.69, 9.17) is 5.11 Å². The summed E-state index contributed by atoms with van der Waals surface area (Å²) >= 11 is 0. The summed E-state index contributed by atoms with van der Waals surface area (Å²) in [5.74, 6) is -1.83. The molecule has 90 valence electrons. The van der Waals surface area contributed by atoms with Crippen LogP contribution in [0.15, 0.2) is 0 Å².